The van der Waals surface area contributed by atoms with Gasteiger partial charge in [0.1, 0.15) is 5.69 Å². The van der Waals surface area contributed by atoms with Crippen LogP contribution in [0, 0.1) is 0 Å². The van der Waals surface area contributed by atoms with E-state index in [0.717, 1.165) is 23.4 Å². The number of halogens is 1. The molecule has 0 aliphatic heterocycles. The summed E-state index contributed by atoms with van der Waals surface area (Å²) in [6, 6.07) is 11.3. The summed E-state index contributed by atoms with van der Waals surface area (Å²) in [5.74, 6) is -0.196. The van der Waals surface area contributed by atoms with Gasteiger partial charge in [0.05, 0.1) is 11.4 Å². The van der Waals surface area contributed by atoms with E-state index in [-0.39, 0.29) is 17.4 Å². The van der Waals surface area contributed by atoms with Crippen molar-refractivity contribution >= 4 is 23.2 Å². The highest BCUT2D eigenvalue weighted by Crippen LogP contribution is 2.30. The number of fused-ring (bicyclic) bond motifs is 1. The molecule has 0 radical (unpaired) electrons. The lowest BCUT2D eigenvalue weighted by Crippen LogP contribution is -2.32. The van der Waals surface area contributed by atoms with Gasteiger partial charge in [-0.2, -0.15) is 5.10 Å². The first-order chi connectivity index (χ1) is 12.7. The lowest BCUT2D eigenvalue weighted by Gasteiger charge is -2.14. The summed E-state index contributed by atoms with van der Waals surface area (Å²) in [5, 5.41) is 8.32. The lowest BCUT2D eigenvalue weighted by molar-refractivity contribution is 0.0934. The van der Waals surface area contributed by atoms with E-state index in [4.69, 9.17) is 16.7 Å². The molecule has 0 aliphatic rings. The molecule has 1 aromatic carbocycles. The van der Waals surface area contributed by atoms with Crippen LogP contribution < -0.4 is 5.32 Å². The zero-order valence-corrected chi connectivity index (χ0v) is 17.1. The summed E-state index contributed by atoms with van der Waals surface area (Å²) in [5.41, 5.74) is 3.32. The van der Waals surface area contributed by atoms with Crippen molar-refractivity contribution in [2.75, 3.05) is 0 Å². The molecule has 3 aromatic rings. The maximum absolute atomic E-state index is 12.7. The number of nitrogens with one attached hydrogen (secondary N) is 1. The monoisotopic (exact) mass is 384 g/mol. The third kappa shape index (κ3) is 3.98. The zero-order valence-electron chi connectivity index (χ0n) is 16.4. The largest absolute Gasteiger partial charge is 0.348 e. The van der Waals surface area contributed by atoms with E-state index in [1.807, 2.05) is 44.2 Å². The molecule has 0 saturated heterocycles. The SMILES string of the molecule is CCC(C)NC(=O)c1cc(-c2ccccc2Cl)n2nc(C(C)(C)C)cc2n1. The number of carbonyl (C=O) groups is 1. The third-order valence-electron chi connectivity index (χ3n) is 4.57. The summed E-state index contributed by atoms with van der Waals surface area (Å²) in [6.07, 6.45) is 0.853. The van der Waals surface area contributed by atoms with E-state index in [1.54, 1.807) is 10.6 Å². The molecule has 0 aliphatic carbocycles. The van der Waals surface area contributed by atoms with Crippen molar-refractivity contribution in [2.45, 2.75) is 52.5 Å². The van der Waals surface area contributed by atoms with E-state index in [2.05, 4.69) is 31.1 Å². The van der Waals surface area contributed by atoms with Gasteiger partial charge in [-0.1, -0.05) is 57.5 Å². The van der Waals surface area contributed by atoms with Crippen LogP contribution in [0.3, 0.4) is 0 Å². The second-order valence-corrected chi connectivity index (χ2v) is 8.25. The minimum Gasteiger partial charge on any atom is -0.348 e. The van der Waals surface area contributed by atoms with E-state index >= 15 is 0 Å². The molecular formula is C21H25ClN4O. The summed E-state index contributed by atoms with van der Waals surface area (Å²) < 4.78 is 1.77. The lowest BCUT2D eigenvalue weighted by atomic mass is 9.93. The number of carbonyl (C=O) groups excluding carboxylic acids is 1. The van der Waals surface area contributed by atoms with Gasteiger partial charge < -0.3 is 5.32 Å². The second-order valence-electron chi connectivity index (χ2n) is 7.84. The number of nitrogens with zero attached hydrogens (tertiary/aromatic N) is 3. The average Bonchev–Trinajstić information content (AvgIpc) is 3.06. The zero-order chi connectivity index (χ0) is 19.8. The fraction of sp³-hybridized carbons (Fsp3) is 0.381. The maximum Gasteiger partial charge on any atom is 0.270 e. The minimum atomic E-state index is -0.196. The highest BCUT2D eigenvalue weighted by atomic mass is 35.5. The molecule has 0 saturated carbocycles. The normalized spacial score (nSPS) is 13.0. The van der Waals surface area contributed by atoms with Crippen LogP contribution in [0.5, 0.6) is 0 Å². The van der Waals surface area contributed by atoms with Crippen LogP contribution in [0.1, 0.15) is 57.2 Å². The van der Waals surface area contributed by atoms with E-state index in [9.17, 15) is 4.79 Å². The molecule has 5 nitrogen and oxygen atoms in total. The number of aromatic nitrogens is 3. The molecule has 27 heavy (non-hydrogen) atoms. The van der Waals surface area contributed by atoms with Crippen LogP contribution in [0.4, 0.5) is 0 Å². The number of hydrogen-bond acceptors (Lipinski definition) is 3. The van der Waals surface area contributed by atoms with Crippen LogP contribution in [0.2, 0.25) is 5.02 Å². The van der Waals surface area contributed by atoms with Crippen LogP contribution >= 0.6 is 11.6 Å². The number of amides is 1. The minimum absolute atomic E-state index is 0.0781. The predicted molar refractivity (Wildman–Crippen MR) is 109 cm³/mol. The molecule has 0 bridgehead atoms. The molecule has 1 unspecified atom stereocenters. The molecule has 1 atom stereocenters. The standard InChI is InChI=1S/C21H25ClN4O/c1-6-13(2)23-20(27)16-11-17(14-9-7-8-10-15(14)22)26-19(24-16)12-18(25-26)21(3,4)5/h7-13H,6H2,1-5H3,(H,23,27). The highest BCUT2D eigenvalue weighted by molar-refractivity contribution is 6.33. The molecule has 3 rings (SSSR count). The average molecular weight is 385 g/mol. The molecule has 6 heteroatoms. The molecule has 1 N–H and O–H groups in total. The number of benzene rings is 1. The van der Waals surface area contributed by atoms with E-state index in [0.29, 0.717) is 16.4 Å². The van der Waals surface area contributed by atoms with Crippen molar-refractivity contribution in [2.24, 2.45) is 0 Å². The van der Waals surface area contributed by atoms with E-state index in [1.165, 1.54) is 0 Å². The smallest absolute Gasteiger partial charge is 0.270 e. The van der Waals surface area contributed by atoms with Crippen LogP contribution in [-0.2, 0) is 5.41 Å². The molecule has 142 valence electrons. The van der Waals surface area contributed by atoms with Gasteiger partial charge in [-0.3, -0.25) is 4.79 Å². The fourth-order valence-corrected chi connectivity index (χ4v) is 2.95. The Morgan fingerprint density at radius 3 is 2.59 bits per heavy atom. The van der Waals surface area contributed by atoms with Crippen molar-refractivity contribution in [1.29, 1.82) is 0 Å². The Kier molecular flexibility index (Phi) is 5.24. The Morgan fingerprint density at radius 1 is 1.26 bits per heavy atom. The Balaban J connectivity index is 2.22. The van der Waals surface area contributed by atoms with E-state index < -0.39 is 0 Å². The molecule has 2 heterocycles. The second kappa shape index (κ2) is 7.31. The third-order valence-corrected chi connectivity index (χ3v) is 4.90. The number of rotatable bonds is 4. The summed E-state index contributed by atoms with van der Waals surface area (Å²) >= 11 is 6.43. The maximum atomic E-state index is 12.7. The highest BCUT2D eigenvalue weighted by Gasteiger charge is 2.22. The summed E-state index contributed by atoms with van der Waals surface area (Å²) in [4.78, 5) is 17.3. The number of hydrogen-bond donors (Lipinski definition) is 1. The predicted octanol–water partition coefficient (Wildman–Crippen LogP) is 4.88. The Hall–Kier alpha value is -2.40. The Bertz CT molecular complexity index is 988. The summed E-state index contributed by atoms with van der Waals surface area (Å²) in [7, 11) is 0. The van der Waals surface area contributed by atoms with Crippen LogP contribution in [0.15, 0.2) is 36.4 Å². The van der Waals surface area contributed by atoms with Crippen LogP contribution in [-0.4, -0.2) is 26.5 Å². The van der Waals surface area contributed by atoms with Gasteiger partial charge in [-0.05, 0) is 25.5 Å². The van der Waals surface area contributed by atoms with Crippen LogP contribution in [0.25, 0.3) is 16.9 Å². The van der Waals surface area contributed by atoms with Gasteiger partial charge in [-0.25, -0.2) is 9.50 Å². The topological polar surface area (TPSA) is 59.3 Å². The first kappa shape index (κ1) is 19.4. The van der Waals surface area contributed by atoms with Crippen molar-refractivity contribution in [3.05, 3.63) is 52.8 Å². The van der Waals surface area contributed by atoms with Gasteiger partial charge in [0.2, 0.25) is 0 Å². The molecule has 0 spiro atoms. The molecule has 0 fully saturated rings. The molecular weight excluding hydrogens is 360 g/mol. The van der Waals surface area contributed by atoms with Gasteiger partial charge in [0, 0.05) is 28.1 Å². The first-order valence-electron chi connectivity index (χ1n) is 9.17. The fourth-order valence-electron chi connectivity index (χ4n) is 2.72. The van der Waals surface area contributed by atoms with Gasteiger partial charge in [0.25, 0.3) is 5.91 Å². The molecule has 1 amide bonds. The Labute approximate surface area is 164 Å². The van der Waals surface area contributed by atoms with Gasteiger partial charge >= 0.3 is 0 Å². The van der Waals surface area contributed by atoms with Gasteiger partial charge in [0.15, 0.2) is 5.65 Å². The van der Waals surface area contributed by atoms with Crippen molar-refractivity contribution < 1.29 is 4.79 Å². The van der Waals surface area contributed by atoms with Crippen molar-refractivity contribution in [3.8, 4) is 11.3 Å². The molecule has 2 aromatic heterocycles. The van der Waals surface area contributed by atoms with Gasteiger partial charge in [-0.15, -0.1) is 0 Å². The van der Waals surface area contributed by atoms with Crippen molar-refractivity contribution in [1.82, 2.24) is 19.9 Å². The Morgan fingerprint density at radius 2 is 1.96 bits per heavy atom. The van der Waals surface area contributed by atoms with Crippen molar-refractivity contribution in [3.63, 3.8) is 0 Å². The summed E-state index contributed by atoms with van der Waals surface area (Å²) in [6.45, 7) is 10.3. The first-order valence-corrected chi connectivity index (χ1v) is 9.55. The quantitative estimate of drug-likeness (QED) is 0.697.